The van der Waals surface area contributed by atoms with Crippen molar-refractivity contribution in [2.45, 2.75) is 0 Å². The molecule has 0 fully saturated rings. The van der Waals surface area contributed by atoms with Crippen LogP contribution >= 0.6 is 0 Å². The van der Waals surface area contributed by atoms with Gasteiger partial charge in [-0.05, 0) is 0 Å². The van der Waals surface area contributed by atoms with Gasteiger partial charge in [0.2, 0.25) is 14.8 Å². The first-order valence-electron chi connectivity index (χ1n) is 0.463. The van der Waals surface area contributed by atoms with Crippen molar-refractivity contribution in [3.05, 3.63) is 0 Å². The molecule has 0 atom stereocenters. The zero-order valence-corrected chi connectivity index (χ0v) is 4.32. The van der Waals surface area contributed by atoms with Gasteiger partial charge in [-0.1, -0.05) is 0 Å². The normalized spacial score (nSPS) is 7.20. The second kappa shape index (κ2) is 4.65. The maximum atomic E-state index is 8.52. The van der Waals surface area contributed by atoms with Gasteiger partial charge in [0, 0.05) is 0 Å². The second-order valence-electron chi connectivity index (χ2n) is 0.189. The quantitative estimate of drug-likeness (QED) is 0.356. The van der Waals surface area contributed by atoms with E-state index in [1.807, 2.05) is 0 Å². The first-order valence-corrected chi connectivity index (χ1v) is 2.41. The third-order valence-corrected chi connectivity index (χ3v) is 0. The number of halogens is 2. The molecule has 0 aliphatic carbocycles. The first-order chi connectivity index (χ1) is 1.73. The van der Waals surface area contributed by atoms with Crippen molar-refractivity contribution < 1.29 is 39.8 Å². The van der Waals surface area contributed by atoms with Gasteiger partial charge in [0.1, 0.15) is 0 Å². The minimum Gasteiger partial charge on any atom is -1.00 e. The highest BCUT2D eigenvalue weighted by atomic mass is 80.0. The van der Waals surface area contributed by atoms with Crippen LogP contribution in [-0.2, 0) is 0 Å². The van der Waals surface area contributed by atoms with Crippen molar-refractivity contribution in [1.82, 2.24) is 0 Å². The zero-order chi connectivity index (χ0) is 3.58. The largest absolute Gasteiger partial charge is 1.00 e. The molecule has 0 unspecified atom stereocenters. The summed E-state index contributed by atoms with van der Waals surface area (Å²) in [5.74, 6) is 0. The molecule has 0 N–H and O–H groups in total. The standard InChI is InChI=1S/BrO3.ClH/c2-1(3)4;/h;1H/q-1;/p-1. The molecule has 0 aromatic heterocycles. The SMILES string of the molecule is [Cl-].[O-][Br+2]([O-])[O-]. The van der Waals surface area contributed by atoms with Gasteiger partial charge in [0.05, 0.1) is 0 Å². The summed E-state index contributed by atoms with van der Waals surface area (Å²) >= 11 is -3.65. The fraction of sp³-hybridized carbons (Fsp3) is 0. The van der Waals surface area contributed by atoms with Gasteiger partial charge in [-0.25, -0.2) is 0 Å². The van der Waals surface area contributed by atoms with Crippen molar-refractivity contribution in [3.8, 4) is 0 Å². The van der Waals surface area contributed by atoms with Crippen LogP contribution in [0.4, 0.5) is 0 Å². The molecule has 0 rings (SSSR count). The highest BCUT2D eigenvalue weighted by molar-refractivity contribution is 1.73. The molecule has 5 heteroatoms. The van der Waals surface area contributed by atoms with Crippen LogP contribution in [0.2, 0.25) is 0 Å². The lowest BCUT2D eigenvalue weighted by Gasteiger charge is -1.85. The first kappa shape index (κ1) is 9.17. The molecule has 0 bridgehead atoms. The molecule has 34 valence electrons. The van der Waals surface area contributed by atoms with E-state index in [2.05, 4.69) is 0 Å². The molecular weight excluding hydrogens is 163 g/mol. The van der Waals surface area contributed by atoms with E-state index in [0.717, 1.165) is 0 Å². The van der Waals surface area contributed by atoms with Gasteiger partial charge >= 0.3 is 0 Å². The molecule has 0 aliphatic heterocycles. The minimum atomic E-state index is -3.65. The lowest BCUT2D eigenvalue weighted by Crippen LogP contribution is -3.00. The molecule has 0 saturated carbocycles. The van der Waals surface area contributed by atoms with E-state index >= 15 is 0 Å². The van der Waals surface area contributed by atoms with E-state index in [-0.39, 0.29) is 12.4 Å². The maximum Gasteiger partial charge on any atom is 0.216 e. The summed E-state index contributed by atoms with van der Waals surface area (Å²) in [5, 5.41) is 0. The Morgan fingerprint density at radius 1 is 1.00 bits per heavy atom. The number of hydrogen-bond acceptors (Lipinski definition) is 3. The molecule has 3 nitrogen and oxygen atoms in total. The van der Waals surface area contributed by atoms with Crippen LogP contribution in [0.5, 0.6) is 0 Å². The Kier molecular flexibility index (Phi) is 8.53. The molecule has 0 heterocycles. The topological polar surface area (TPSA) is 69.2 Å². The van der Waals surface area contributed by atoms with E-state index in [0.29, 0.717) is 0 Å². The van der Waals surface area contributed by atoms with E-state index in [1.54, 1.807) is 0 Å². The second-order valence-corrected chi connectivity index (χ2v) is 0.982. The molecule has 5 heavy (non-hydrogen) atoms. The van der Waals surface area contributed by atoms with E-state index in [9.17, 15) is 0 Å². The summed E-state index contributed by atoms with van der Waals surface area (Å²) in [7, 11) is 0. The zero-order valence-electron chi connectivity index (χ0n) is 1.98. The van der Waals surface area contributed by atoms with Crippen LogP contribution < -0.4 is 25.0 Å². The fourth-order valence-electron chi connectivity index (χ4n) is 0. The van der Waals surface area contributed by atoms with E-state index in [4.69, 9.17) is 12.6 Å². The summed E-state index contributed by atoms with van der Waals surface area (Å²) in [6.07, 6.45) is 0. The smallest absolute Gasteiger partial charge is 0.216 e. The summed E-state index contributed by atoms with van der Waals surface area (Å²) in [5.41, 5.74) is 0. The lowest BCUT2D eigenvalue weighted by atomic mass is 16.0. The molecular formula is BrClO3-2. The summed E-state index contributed by atoms with van der Waals surface area (Å²) in [6, 6.07) is 0. The average molecular weight is 163 g/mol. The third-order valence-electron chi connectivity index (χ3n) is 0. The van der Waals surface area contributed by atoms with Gasteiger partial charge in [-0.15, -0.1) is 0 Å². The Hall–Kier alpha value is 0.650. The molecule has 0 aromatic rings. The van der Waals surface area contributed by atoms with Gasteiger partial charge in [-0.2, -0.15) is 0 Å². The number of rotatable bonds is 0. The van der Waals surface area contributed by atoms with Crippen LogP contribution in [0, 0.1) is 14.8 Å². The molecule has 0 amide bonds. The van der Waals surface area contributed by atoms with Gasteiger partial charge < -0.3 is 25.0 Å². The summed E-state index contributed by atoms with van der Waals surface area (Å²) in [6.45, 7) is 0. The van der Waals surface area contributed by atoms with Crippen molar-refractivity contribution >= 4 is 0 Å². The molecule has 0 spiro atoms. The van der Waals surface area contributed by atoms with Crippen molar-refractivity contribution in [1.29, 1.82) is 0 Å². The number of hydrogen-bond donors (Lipinski definition) is 0. The average Bonchev–Trinajstić information content (AvgIpc) is 0.811. The maximum absolute atomic E-state index is 8.52. The molecule has 0 aliphatic rings. The van der Waals surface area contributed by atoms with Crippen molar-refractivity contribution in [2.75, 3.05) is 0 Å². The van der Waals surface area contributed by atoms with Crippen LogP contribution in [0.15, 0.2) is 0 Å². The Labute approximate surface area is 40.5 Å². The Morgan fingerprint density at radius 3 is 1.00 bits per heavy atom. The molecule has 0 saturated heterocycles. The highest BCUT2D eigenvalue weighted by Crippen LogP contribution is 1.24. The predicted molar refractivity (Wildman–Crippen MR) is 0 cm³/mol. The summed E-state index contributed by atoms with van der Waals surface area (Å²) in [4.78, 5) is 0. The van der Waals surface area contributed by atoms with Crippen LogP contribution in [0.3, 0.4) is 0 Å². The lowest BCUT2D eigenvalue weighted by molar-refractivity contribution is -1.73. The van der Waals surface area contributed by atoms with Gasteiger partial charge in [0.15, 0.2) is 0 Å². The third kappa shape index (κ3) is 77.3. The summed E-state index contributed by atoms with van der Waals surface area (Å²) < 4.78 is 25.6. The monoisotopic (exact) mass is 162 g/mol. The van der Waals surface area contributed by atoms with Crippen LogP contribution in [-0.4, -0.2) is 0 Å². The van der Waals surface area contributed by atoms with Gasteiger partial charge in [0.25, 0.3) is 0 Å². The molecule has 0 radical (unpaired) electrons. The van der Waals surface area contributed by atoms with Crippen molar-refractivity contribution in [3.63, 3.8) is 0 Å². The van der Waals surface area contributed by atoms with E-state index < -0.39 is 14.8 Å². The van der Waals surface area contributed by atoms with E-state index in [1.165, 1.54) is 0 Å². The Balaban J connectivity index is 0. The van der Waals surface area contributed by atoms with Crippen LogP contribution in [0.25, 0.3) is 0 Å². The van der Waals surface area contributed by atoms with Gasteiger partial charge in [-0.3, -0.25) is 0 Å². The Bertz CT molecular complexity index is 11.6. The van der Waals surface area contributed by atoms with Crippen molar-refractivity contribution in [2.24, 2.45) is 0 Å². The fourth-order valence-corrected chi connectivity index (χ4v) is 0. The minimum absolute atomic E-state index is 0. The van der Waals surface area contributed by atoms with Crippen LogP contribution in [0.1, 0.15) is 0 Å². The predicted octanol–water partition coefficient (Wildman–Crippen LogP) is -6.56. The molecule has 0 aromatic carbocycles. The Morgan fingerprint density at radius 2 is 1.00 bits per heavy atom. The highest BCUT2D eigenvalue weighted by Gasteiger charge is 1.67.